The predicted octanol–water partition coefficient (Wildman–Crippen LogP) is 5.56. The minimum Gasteiger partial charge on any atom is -0.457 e. The molecule has 0 radical (unpaired) electrons. The van der Waals surface area contributed by atoms with E-state index < -0.39 is 0 Å². The number of aromatic amines is 1. The molecule has 2 N–H and O–H groups in total. The summed E-state index contributed by atoms with van der Waals surface area (Å²) in [6.45, 7) is 4.35. The van der Waals surface area contributed by atoms with E-state index in [0.29, 0.717) is 28.5 Å². The molecule has 0 atom stereocenters. The molecule has 0 aliphatic carbocycles. The molecule has 0 saturated carbocycles. The Kier molecular flexibility index (Phi) is 4.32. The number of ether oxygens (including phenoxy) is 3. The second kappa shape index (κ2) is 7.15. The summed E-state index contributed by atoms with van der Waals surface area (Å²) >= 11 is 0. The minimum atomic E-state index is -0.208. The normalized spacial score (nSPS) is 12.2. The maximum atomic E-state index is 12.5. The van der Waals surface area contributed by atoms with Gasteiger partial charge < -0.3 is 24.5 Å². The van der Waals surface area contributed by atoms with Crippen molar-refractivity contribution in [3.63, 3.8) is 0 Å². The van der Waals surface area contributed by atoms with Crippen LogP contribution < -0.4 is 19.5 Å². The summed E-state index contributed by atoms with van der Waals surface area (Å²) in [5.74, 6) is 2.51. The molecular formula is C24H20N2O4. The molecule has 1 aliphatic heterocycles. The van der Waals surface area contributed by atoms with E-state index in [9.17, 15) is 4.79 Å². The fraction of sp³-hybridized carbons (Fsp3) is 0.125. The van der Waals surface area contributed by atoms with E-state index in [1.807, 2.05) is 18.2 Å². The molecule has 6 heteroatoms. The zero-order chi connectivity index (χ0) is 20.7. The Labute approximate surface area is 173 Å². The van der Waals surface area contributed by atoms with Crippen LogP contribution in [0, 0.1) is 13.8 Å². The maximum absolute atomic E-state index is 12.5. The van der Waals surface area contributed by atoms with Crippen molar-refractivity contribution in [2.24, 2.45) is 0 Å². The van der Waals surface area contributed by atoms with E-state index in [1.54, 1.807) is 42.5 Å². The molecule has 4 aromatic rings. The Balaban J connectivity index is 1.29. The highest BCUT2D eigenvalue weighted by Crippen LogP contribution is 2.34. The molecule has 2 heterocycles. The van der Waals surface area contributed by atoms with Crippen LogP contribution in [-0.2, 0) is 0 Å². The van der Waals surface area contributed by atoms with Crippen molar-refractivity contribution in [2.45, 2.75) is 13.8 Å². The third kappa shape index (κ3) is 3.33. The lowest BCUT2D eigenvalue weighted by molar-refractivity contribution is 0.102. The molecule has 1 aliphatic rings. The Morgan fingerprint density at radius 1 is 0.933 bits per heavy atom. The van der Waals surface area contributed by atoms with Gasteiger partial charge in [0.05, 0.1) is 0 Å². The highest BCUT2D eigenvalue weighted by atomic mass is 16.7. The van der Waals surface area contributed by atoms with E-state index in [2.05, 4.69) is 24.1 Å². The SMILES string of the molecule is Cc1[nH]c2ccc(Oc3ccc(C(=O)Nc4ccc5c(c4)OCO5)cc3)cc2c1C. The number of hydrogen-bond acceptors (Lipinski definition) is 4. The van der Waals surface area contributed by atoms with Crippen LogP contribution in [0.5, 0.6) is 23.0 Å². The van der Waals surface area contributed by atoms with Gasteiger partial charge in [-0.05, 0) is 74.0 Å². The van der Waals surface area contributed by atoms with Crippen molar-refractivity contribution in [3.05, 3.63) is 77.5 Å². The van der Waals surface area contributed by atoms with Crippen LogP contribution in [0.25, 0.3) is 10.9 Å². The van der Waals surface area contributed by atoms with Gasteiger partial charge in [-0.3, -0.25) is 4.79 Å². The lowest BCUT2D eigenvalue weighted by atomic mass is 10.1. The van der Waals surface area contributed by atoms with E-state index in [4.69, 9.17) is 14.2 Å². The van der Waals surface area contributed by atoms with Crippen LogP contribution >= 0.6 is 0 Å². The number of anilines is 1. The Bertz CT molecular complexity index is 1260. The fourth-order valence-corrected chi connectivity index (χ4v) is 3.49. The van der Waals surface area contributed by atoms with Gasteiger partial charge in [-0.2, -0.15) is 0 Å². The van der Waals surface area contributed by atoms with Crippen LogP contribution in [0.15, 0.2) is 60.7 Å². The quantitative estimate of drug-likeness (QED) is 0.471. The summed E-state index contributed by atoms with van der Waals surface area (Å²) in [7, 11) is 0. The number of carbonyl (C=O) groups is 1. The first-order valence-corrected chi connectivity index (χ1v) is 9.65. The fourth-order valence-electron chi connectivity index (χ4n) is 3.49. The number of fused-ring (bicyclic) bond motifs is 2. The minimum absolute atomic E-state index is 0.199. The van der Waals surface area contributed by atoms with Gasteiger partial charge in [-0.1, -0.05) is 0 Å². The van der Waals surface area contributed by atoms with Crippen molar-refractivity contribution in [1.82, 2.24) is 4.98 Å². The summed E-state index contributed by atoms with van der Waals surface area (Å²) in [5, 5.41) is 4.01. The van der Waals surface area contributed by atoms with Crippen LogP contribution in [-0.4, -0.2) is 17.7 Å². The van der Waals surface area contributed by atoms with Gasteiger partial charge in [0.2, 0.25) is 6.79 Å². The summed E-state index contributed by atoms with van der Waals surface area (Å²) < 4.78 is 16.6. The third-order valence-corrected chi connectivity index (χ3v) is 5.26. The number of nitrogens with one attached hydrogen (secondary N) is 2. The second-order valence-corrected chi connectivity index (χ2v) is 7.23. The molecular weight excluding hydrogens is 380 g/mol. The molecule has 0 unspecified atom stereocenters. The first-order chi connectivity index (χ1) is 14.6. The van der Waals surface area contributed by atoms with Crippen LogP contribution in [0.3, 0.4) is 0 Å². The lowest BCUT2D eigenvalue weighted by Gasteiger charge is -2.09. The third-order valence-electron chi connectivity index (χ3n) is 5.26. The zero-order valence-electron chi connectivity index (χ0n) is 16.6. The number of rotatable bonds is 4. The summed E-state index contributed by atoms with van der Waals surface area (Å²) in [5.41, 5.74) is 4.64. The van der Waals surface area contributed by atoms with Gasteiger partial charge in [0.1, 0.15) is 11.5 Å². The number of aromatic nitrogens is 1. The molecule has 5 rings (SSSR count). The number of carbonyl (C=O) groups excluding carboxylic acids is 1. The molecule has 3 aromatic carbocycles. The van der Waals surface area contributed by atoms with Gasteiger partial charge >= 0.3 is 0 Å². The molecule has 0 bridgehead atoms. The van der Waals surface area contributed by atoms with Gasteiger partial charge in [0, 0.05) is 33.9 Å². The van der Waals surface area contributed by atoms with Crippen molar-refractivity contribution in [1.29, 1.82) is 0 Å². The van der Waals surface area contributed by atoms with Crippen LogP contribution in [0.1, 0.15) is 21.6 Å². The van der Waals surface area contributed by atoms with Gasteiger partial charge in [0.15, 0.2) is 11.5 Å². The number of H-pyrrole nitrogens is 1. The van der Waals surface area contributed by atoms with Crippen LogP contribution in [0.2, 0.25) is 0 Å². The van der Waals surface area contributed by atoms with E-state index in [0.717, 1.165) is 22.3 Å². The lowest BCUT2D eigenvalue weighted by Crippen LogP contribution is -2.11. The topological polar surface area (TPSA) is 72.6 Å². The maximum Gasteiger partial charge on any atom is 0.255 e. The van der Waals surface area contributed by atoms with Crippen molar-refractivity contribution in [2.75, 3.05) is 12.1 Å². The smallest absolute Gasteiger partial charge is 0.255 e. The molecule has 0 saturated heterocycles. The summed E-state index contributed by atoms with van der Waals surface area (Å²) in [6, 6.07) is 18.3. The molecule has 30 heavy (non-hydrogen) atoms. The molecule has 6 nitrogen and oxygen atoms in total. The number of hydrogen-bond donors (Lipinski definition) is 2. The van der Waals surface area contributed by atoms with Gasteiger partial charge in [-0.15, -0.1) is 0 Å². The highest BCUT2D eigenvalue weighted by Gasteiger charge is 2.15. The van der Waals surface area contributed by atoms with Crippen molar-refractivity contribution < 1.29 is 19.0 Å². The van der Waals surface area contributed by atoms with Crippen molar-refractivity contribution >= 4 is 22.5 Å². The first kappa shape index (κ1) is 18.1. The first-order valence-electron chi connectivity index (χ1n) is 9.65. The Hall–Kier alpha value is -3.93. The summed E-state index contributed by atoms with van der Waals surface area (Å²) in [4.78, 5) is 15.9. The number of aryl methyl sites for hydroxylation is 2. The second-order valence-electron chi connectivity index (χ2n) is 7.23. The molecule has 1 aromatic heterocycles. The molecule has 0 fully saturated rings. The summed E-state index contributed by atoms with van der Waals surface area (Å²) in [6.07, 6.45) is 0. The van der Waals surface area contributed by atoms with E-state index >= 15 is 0 Å². The molecule has 0 spiro atoms. The van der Waals surface area contributed by atoms with Crippen molar-refractivity contribution in [3.8, 4) is 23.0 Å². The average molecular weight is 400 g/mol. The standard InChI is InChI=1S/C24H20N2O4/c1-14-15(2)25-21-9-8-19(12-20(14)21)30-18-6-3-16(4-7-18)24(27)26-17-5-10-22-23(11-17)29-13-28-22/h3-12,25H,13H2,1-2H3,(H,26,27). The zero-order valence-corrected chi connectivity index (χ0v) is 16.6. The predicted molar refractivity (Wildman–Crippen MR) is 115 cm³/mol. The van der Waals surface area contributed by atoms with Gasteiger partial charge in [0.25, 0.3) is 5.91 Å². The Morgan fingerprint density at radius 2 is 1.70 bits per heavy atom. The average Bonchev–Trinajstić information content (AvgIpc) is 3.33. The highest BCUT2D eigenvalue weighted by molar-refractivity contribution is 6.04. The van der Waals surface area contributed by atoms with Gasteiger partial charge in [-0.25, -0.2) is 0 Å². The largest absolute Gasteiger partial charge is 0.457 e. The van der Waals surface area contributed by atoms with E-state index in [-0.39, 0.29) is 12.7 Å². The Morgan fingerprint density at radius 3 is 2.53 bits per heavy atom. The number of amides is 1. The molecule has 1 amide bonds. The number of benzene rings is 3. The van der Waals surface area contributed by atoms with Crippen LogP contribution in [0.4, 0.5) is 5.69 Å². The monoisotopic (exact) mass is 400 g/mol. The van der Waals surface area contributed by atoms with E-state index in [1.165, 1.54) is 5.56 Å². The molecule has 150 valence electrons.